The predicted octanol–water partition coefficient (Wildman–Crippen LogP) is 43.3. The van der Waals surface area contributed by atoms with Crippen LogP contribution in [0, 0.1) is 6.92 Å². The van der Waals surface area contributed by atoms with Gasteiger partial charge < -0.3 is 0 Å². The molecule has 29 aromatic rings. The Balaban J connectivity index is 0.0000000955. The molecule has 0 unspecified atom stereocenters. The summed E-state index contributed by atoms with van der Waals surface area (Å²) < 4.78 is 41.8. The Morgan fingerprint density at radius 1 is 0.183 bits per heavy atom. The molecule has 0 saturated heterocycles. The predicted molar refractivity (Wildman–Crippen MR) is 578 cm³/mol. The number of fused-ring (bicyclic) bond motifs is 34. The molecule has 0 atom stereocenters. The third-order valence-corrected chi connectivity index (χ3v) is 53.1. The van der Waals surface area contributed by atoms with Crippen molar-refractivity contribution in [3.63, 3.8) is 0 Å². The Bertz CT molecular complexity index is 9150. The van der Waals surface area contributed by atoms with Crippen LogP contribution in [-0.4, -0.2) is 0 Å². The topological polar surface area (TPSA) is 0 Å². The quantitative estimate of drug-likeness (QED) is 0.135. The first-order chi connectivity index (χ1) is 58.7. The van der Waals surface area contributed by atoms with Crippen LogP contribution in [0.5, 0.6) is 0 Å². The molecule has 0 bridgehead atoms. The van der Waals surface area contributed by atoms with Crippen LogP contribution in [0.2, 0.25) is 0 Å². The molecule has 0 radical (unpaired) electrons. The van der Waals surface area contributed by atoms with Crippen molar-refractivity contribution in [2.45, 2.75) is 66.2 Å². The van der Waals surface area contributed by atoms with Gasteiger partial charge in [-0.15, -0.1) is 272 Å². The molecule has 29 rings (SSSR count). The Labute approximate surface area is 781 Å². The number of rotatable bonds is 9. The molecule has 120 heavy (non-hydrogen) atoms. The first-order valence-corrected chi connectivity index (χ1v) is 58.8. The zero-order valence-corrected chi connectivity index (χ0v) is 83.4. The fourth-order valence-electron chi connectivity index (χ4n) is 17.0. The highest BCUT2D eigenvalue weighted by molar-refractivity contribution is 7.44. The van der Waals surface area contributed by atoms with Crippen LogP contribution in [0.1, 0.15) is 78.8 Å². The van der Waals surface area contributed by atoms with Gasteiger partial charge in [0.2, 0.25) is 0 Å². The van der Waals surface area contributed by atoms with E-state index in [1.54, 1.807) is 0 Å². The van der Waals surface area contributed by atoms with Crippen molar-refractivity contribution < 1.29 is 0 Å². The molecule has 0 amide bonds. The van der Waals surface area contributed by atoms with E-state index in [1.807, 2.05) is 272 Å². The molecule has 582 valence electrons. The van der Waals surface area contributed by atoms with Crippen LogP contribution in [0.25, 0.3) is 254 Å². The van der Waals surface area contributed by atoms with Gasteiger partial charge in [0.05, 0.1) is 61.1 Å². The van der Waals surface area contributed by atoms with E-state index >= 15 is 0 Å². The molecule has 0 aliphatic rings. The SMILES string of the molecule is CC(C)c1cc2sc(-c3cc4c(s3)c3sc(-c5cc6sc(C(C)C)cc6s5)cc3c3c5sc(C(C)C)cc5sc43)cc2s1.Cc1cc2sc3c4cc(-c5cc6sc7ccsc7c6s5)sc4c4sc(-c5cc6sc7ccsc7c6s5)cc4c3c2s1.c1ccc2sc(-c3cc4c(s3)c3sc(-c5cc6ccccc6s5)cc3c3c5sccc5sc43)cc2c1. The second kappa shape index (κ2) is 28.0. The highest BCUT2D eigenvalue weighted by atomic mass is 32.2. The van der Waals surface area contributed by atoms with Gasteiger partial charge in [-0.2, -0.15) is 0 Å². The van der Waals surface area contributed by atoms with Gasteiger partial charge in [0.15, 0.2) is 0 Å². The maximum Gasteiger partial charge on any atom is 0.0636 e. The molecule has 0 N–H and O–H groups in total. The fourth-order valence-corrected chi connectivity index (χ4v) is 47.3. The summed E-state index contributed by atoms with van der Waals surface area (Å²) in [5.74, 6) is 1.74. The Morgan fingerprint density at radius 2 is 0.483 bits per heavy atom. The lowest BCUT2D eigenvalue weighted by molar-refractivity contribution is 0.890. The molecule has 0 saturated carbocycles. The summed E-state index contributed by atoms with van der Waals surface area (Å²) in [6.07, 6.45) is 0. The first kappa shape index (κ1) is 74.4. The van der Waals surface area contributed by atoms with E-state index < -0.39 is 0 Å². The third-order valence-electron chi connectivity index (χ3n) is 22.7. The van der Waals surface area contributed by atoms with Crippen LogP contribution < -0.4 is 0 Å². The van der Waals surface area contributed by atoms with Gasteiger partial charge in [-0.3, -0.25) is 0 Å². The molecular formula is C96H54S24. The lowest BCUT2D eigenvalue weighted by Gasteiger charge is -1.99. The number of hydrogen-bond acceptors (Lipinski definition) is 24. The first-order valence-electron chi connectivity index (χ1n) is 39.0. The molecule has 0 aliphatic heterocycles. The van der Waals surface area contributed by atoms with Crippen molar-refractivity contribution in [2.24, 2.45) is 0 Å². The average molecular weight is 1980 g/mol. The molecule has 24 heterocycles. The van der Waals surface area contributed by atoms with Gasteiger partial charge in [0.25, 0.3) is 0 Å². The van der Waals surface area contributed by atoms with Crippen molar-refractivity contribution in [3.05, 3.63) is 199 Å². The van der Waals surface area contributed by atoms with E-state index in [9.17, 15) is 0 Å². The number of thiophene rings is 24. The average Bonchev–Trinajstić information content (AvgIpc) is 1.60. The maximum absolute atomic E-state index is 2.52. The van der Waals surface area contributed by atoms with Gasteiger partial charge >= 0.3 is 0 Å². The van der Waals surface area contributed by atoms with E-state index in [0.717, 1.165) is 0 Å². The zero-order valence-electron chi connectivity index (χ0n) is 63.9. The summed E-state index contributed by atoms with van der Waals surface area (Å²) in [5, 5.41) is 22.4. The van der Waals surface area contributed by atoms with Gasteiger partial charge in [0, 0.05) is 202 Å². The smallest absolute Gasteiger partial charge is 0.0636 e. The van der Waals surface area contributed by atoms with Crippen molar-refractivity contribution >= 4 is 468 Å². The van der Waals surface area contributed by atoms with Gasteiger partial charge in [-0.25, -0.2) is 0 Å². The minimum Gasteiger partial charge on any atom is -0.142 e. The second-order valence-corrected chi connectivity index (χ2v) is 56.7. The van der Waals surface area contributed by atoms with Crippen LogP contribution in [0.15, 0.2) is 180 Å². The van der Waals surface area contributed by atoms with Crippen molar-refractivity contribution in [1.82, 2.24) is 0 Å². The summed E-state index contributed by atoms with van der Waals surface area (Å²) in [4.78, 5) is 22.7. The van der Waals surface area contributed by atoms with E-state index in [1.165, 1.54) is 274 Å². The lowest BCUT2D eigenvalue weighted by Crippen LogP contribution is -1.77. The Morgan fingerprint density at radius 3 is 0.917 bits per heavy atom. The minimum atomic E-state index is 0.559. The van der Waals surface area contributed by atoms with E-state index in [-0.39, 0.29) is 0 Å². The molecule has 24 aromatic heterocycles. The van der Waals surface area contributed by atoms with Crippen molar-refractivity contribution in [2.75, 3.05) is 0 Å². The largest absolute Gasteiger partial charge is 0.142 e. The number of benzene rings is 5. The monoisotopic (exact) mass is 1970 g/mol. The molecule has 0 nitrogen and oxygen atoms in total. The van der Waals surface area contributed by atoms with Gasteiger partial charge in [-0.1, -0.05) is 77.9 Å². The zero-order chi connectivity index (χ0) is 79.2. The van der Waals surface area contributed by atoms with E-state index in [0.29, 0.717) is 17.8 Å². The summed E-state index contributed by atoms with van der Waals surface area (Å²) in [6, 6.07) is 63.5. The summed E-state index contributed by atoms with van der Waals surface area (Å²) in [5.41, 5.74) is 0. The molecular weight excluding hydrogens is 1920 g/mol. The maximum atomic E-state index is 2.52. The van der Waals surface area contributed by atoms with Crippen LogP contribution in [0.3, 0.4) is 0 Å². The highest BCUT2D eigenvalue weighted by Crippen LogP contribution is 2.61. The molecule has 24 heteroatoms. The third kappa shape index (κ3) is 11.6. The number of hydrogen-bond donors (Lipinski definition) is 0. The van der Waals surface area contributed by atoms with Crippen molar-refractivity contribution in [1.29, 1.82) is 0 Å². The second-order valence-electron chi connectivity index (χ2n) is 31.3. The summed E-state index contributed by atoms with van der Waals surface area (Å²) >= 11 is 47.1. The Kier molecular flexibility index (Phi) is 17.4. The van der Waals surface area contributed by atoms with Crippen LogP contribution in [0.4, 0.5) is 0 Å². The van der Waals surface area contributed by atoms with Gasteiger partial charge in [0.1, 0.15) is 0 Å². The lowest BCUT2D eigenvalue weighted by atomic mass is 10.1. The van der Waals surface area contributed by atoms with Gasteiger partial charge in [-0.05, 0) is 179 Å². The summed E-state index contributed by atoms with van der Waals surface area (Å²) in [7, 11) is 0. The summed E-state index contributed by atoms with van der Waals surface area (Å²) in [6.45, 7) is 16.1. The van der Waals surface area contributed by atoms with Crippen molar-refractivity contribution in [3.8, 4) is 58.5 Å². The number of aryl methyl sites for hydroxylation is 1. The van der Waals surface area contributed by atoms with E-state index in [2.05, 4.69) is 228 Å². The molecule has 0 aliphatic carbocycles. The highest BCUT2D eigenvalue weighted by Gasteiger charge is 2.29. The van der Waals surface area contributed by atoms with E-state index in [4.69, 9.17) is 0 Å². The fraction of sp³-hybridized carbons (Fsp3) is 0.104. The molecule has 0 fully saturated rings. The minimum absolute atomic E-state index is 0.559. The van der Waals surface area contributed by atoms with Crippen LogP contribution >= 0.6 is 272 Å². The molecule has 0 spiro atoms. The van der Waals surface area contributed by atoms with Crippen LogP contribution in [-0.2, 0) is 0 Å². The molecule has 5 aromatic carbocycles. The standard InChI is InChI=1S/C35H28S8.C31H12S10.C30H14S6/c1-14(2)19-9-24-28(36-19)12-26(38-24)22-7-17-31-32(43-30-11-21(16(5)6)40-35(30)31)18-8-23(42-34(18)33(17)41-22)27-13-29-25(39-27)10-20(37-29)15(3)4;1-11-6-20-27(34-11)23-12-7-16(18-9-21-30(39-18)28-14(35-21)2-4-32-28)37-25(12)26-13(24(23)41-20)8-17(38-26)19-10-22-31(40-19)29-15(36-22)3-5-33-29;1-3-7-19-15(5-1)11-22(32-19)24-13-17-26-27(34-21-9-10-31-30(21)26)18-14-25(36-29(18)28(17)35-24)23-12-16-6-2-4-8-20(16)33-23/h7-16H,1-6H3;2-10H,1H3;1-14H. The Hall–Kier alpha value is -5.90. The normalized spacial score (nSPS) is 12.8.